The van der Waals surface area contributed by atoms with E-state index in [0.717, 1.165) is 13.1 Å². The van der Waals surface area contributed by atoms with Gasteiger partial charge in [0.1, 0.15) is 0 Å². The standard InChI is InChI=1S/C4H9F3O3SSi/c1-12(2,11(8,9)10)3-4(5,6)7/h3H2,1-2H3,(H,8,9,10). The monoisotopic (exact) mass is 222 g/mol. The van der Waals surface area contributed by atoms with Crippen LogP contribution < -0.4 is 0 Å². The lowest BCUT2D eigenvalue weighted by Gasteiger charge is -2.19. The molecule has 0 aromatic carbocycles. The van der Waals surface area contributed by atoms with Crippen LogP contribution in [0.5, 0.6) is 0 Å². The van der Waals surface area contributed by atoms with Crippen LogP contribution in [0.15, 0.2) is 0 Å². The molecule has 0 heterocycles. The molecule has 0 unspecified atom stereocenters. The second-order valence-corrected chi connectivity index (χ2v) is 12.7. The van der Waals surface area contributed by atoms with E-state index in [1.165, 1.54) is 0 Å². The third-order valence-electron chi connectivity index (χ3n) is 1.32. The van der Waals surface area contributed by atoms with E-state index in [1.807, 2.05) is 0 Å². The molecule has 8 heteroatoms. The van der Waals surface area contributed by atoms with Crippen LogP contribution in [0.2, 0.25) is 19.1 Å². The van der Waals surface area contributed by atoms with E-state index in [2.05, 4.69) is 0 Å². The summed E-state index contributed by atoms with van der Waals surface area (Å²) in [6.07, 6.45) is -4.54. The van der Waals surface area contributed by atoms with Gasteiger partial charge in [-0.05, 0) is 0 Å². The minimum Gasteiger partial charge on any atom is -0.291 e. The van der Waals surface area contributed by atoms with Crippen molar-refractivity contribution < 1.29 is 26.1 Å². The van der Waals surface area contributed by atoms with Crippen molar-refractivity contribution in [2.24, 2.45) is 0 Å². The fourth-order valence-corrected chi connectivity index (χ4v) is 2.76. The van der Waals surface area contributed by atoms with Crippen LogP contribution in [0.25, 0.3) is 0 Å². The summed E-state index contributed by atoms with van der Waals surface area (Å²) in [4.78, 5) is 0. The first-order valence-corrected chi connectivity index (χ1v) is 8.37. The van der Waals surface area contributed by atoms with Crippen LogP contribution in [0, 0.1) is 0 Å². The molecule has 0 spiro atoms. The Morgan fingerprint density at radius 1 is 1.33 bits per heavy atom. The lowest BCUT2D eigenvalue weighted by atomic mass is 10.8. The Morgan fingerprint density at radius 3 is 1.75 bits per heavy atom. The van der Waals surface area contributed by atoms with Crippen molar-refractivity contribution in [2.75, 3.05) is 0 Å². The van der Waals surface area contributed by atoms with E-state index in [-0.39, 0.29) is 0 Å². The predicted molar refractivity (Wildman–Crippen MR) is 39.9 cm³/mol. The molecule has 1 N–H and O–H groups in total. The molecule has 74 valence electrons. The Morgan fingerprint density at radius 2 is 1.67 bits per heavy atom. The van der Waals surface area contributed by atoms with Crippen molar-refractivity contribution in [3.05, 3.63) is 0 Å². The summed E-state index contributed by atoms with van der Waals surface area (Å²) in [6, 6.07) is -1.42. The number of hydrogen-bond donors (Lipinski definition) is 1. The summed E-state index contributed by atoms with van der Waals surface area (Å²) in [5.74, 6) is 0. The molecule has 12 heavy (non-hydrogen) atoms. The molecule has 0 aliphatic carbocycles. The summed E-state index contributed by atoms with van der Waals surface area (Å²) in [5.41, 5.74) is 0. The van der Waals surface area contributed by atoms with Gasteiger partial charge in [0.05, 0.1) is 6.04 Å². The summed E-state index contributed by atoms with van der Waals surface area (Å²) >= 11 is 0. The first kappa shape index (κ1) is 11.9. The number of halogens is 3. The second-order valence-electron chi connectivity index (χ2n) is 3.03. The Hall–Kier alpha value is -0.0831. The molecular formula is C4H9F3O3SSi. The minimum absolute atomic E-state index is 0.954. The lowest BCUT2D eigenvalue weighted by Crippen LogP contribution is -2.41. The third-order valence-corrected chi connectivity index (χ3v) is 8.60. The average Bonchev–Trinajstić information content (AvgIpc) is 1.52. The summed E-state index contributed by atoms with van der Waals surface area (Å²) in [5, 5.41) is 0. The molecule has 0 atom stereocenters. The van der Waals surface area contributed by atoms with Gasteiger partial charge in [-0.25, -0.2) is 8.42 Å². The number of rotatable bonds is 2. The van der Waals surface area contributed by atoms with Gasteiger partial charge in [-0.15, -0.1) is 0 Å². The van der Waals surface area contributed by atoms with Crippen molar-refractivity contribution in [1.82, 2.24) is 0 Å². The Balaban J connectivity index is 4.68. The largest absolute Gasteiger partial charge is 0.387 e. The third kappa shape index (κ3) is 3.54. The maximum Gasteiger partial charge on any atom is 0.387 e. The Labute approximate surface area is 69.0 Å². The topological polar surface area (TPSA) is 54.4 Å². The minimum atomic E-state index is -4.54. The zero-order valence-corrected chi connectivity index (χ0v) is 8.33. The SMILES string of the molecule is C[Si](C)(CC(F)(F)F)S(=O)(=O)O. The van der Waals surface area contributed by atoms with E-state index < -0.39 is 29.0 Å². The maximum atomic E-state index is 11.7. The van der Waals surface area contributed by atoms with Gasteiger partial charge in [-0.2, -0.15) is 13.2 Å². The molecule has 0 rings (SSSR count). The second kappa shape index (κ2) is 3.00. The van der Waals surface area contributed by atoms with Crippen LogP contribution in [-0.4, -0.2) is 26.4 Å². The highest BCUT2D eigenvalue weighted by Crippen LogP contribution is 2.30. The van der Waals surface area contributed by atoms with Crippen LogP contribution in [0.4, 0.5) is 13.2 Å². The van der Waals surface area contributed by atoms with Crippen LogP contribution in [0.3, 0.4) is 0 Å². The van der Waals surface area contributed by atoms with Gasteiger partial charge in [0.2, 0.25) is 16.8 Å². The Kier molecular flexibility index (Phi) is 2.98. The van der Waals surface area contributed by atoms with E-state index in [0.29, 0.717) is 0 Å². The molecule has 0 aromatic heterocycles. The highest BCUT2D eigenvalue weighted by molar-refractivity contribution is 8.17. The normalized spacial score (nSPS) is 14.8. The predicted octanol–water partition coefficient (Wildman–Crippen LogP) is 1.64. The van der Waals surface area contributed by atoms with Crippen LogP contribution >= 0.6 is 0 Å². The van der Waals surface area contributed by atoms with E-state index in [4.69, 9.17) is 4.55 Å². The van der Waals surface area contributed by atoms with Crippen LogP contribution in [-0.2, 0) is 9.57 Å². The van der Waals surface area contributed by atoms with Gasteiger partial charge in [0.15, 0.2) is 0 Å². The Bertz CT molecular complexity index is 255. The van der Waals surface area contributed by atoms with Gasteiger partial charge in [0, 0.05) is 0 Å². The molecule has 0 fully saturated rings. The lowest BCUT2D eigenvalue weighted by molar-refractivity contribution is -0.110. The van der Waals surface area contributed by atoms with Crippen molar-refractivity contribution >= 4 is 16.8 Å². The van der Waals surface area contributed by atoms with Gasteiger partial charge < -0.3 is 0 Å². The highest BCUT2D eigenvalue weighted by atomic mass is 32.4. The summed E-state index contributed by atoms with van der Waals surface area (Å²) in [7, 11) is -8.15. The van der Waals surface area contributed by atoms with E-state index in [9.17, 15) is 21.6 Å². The summed E-state index contributed by atoms with van der Waals surface area (Å²) in [6.45, 7) is 1.91. The zero-order chi connectivity index (χ0) is 10.2. The van der Waals surface area contributed by atoms with Crippen molar-refractivity contribution in [3.8, 4) is 0 Å². The molecule has 3 nitrogen and oxygen atoms in total. The molecule has 0 aliphatic heterocycles. The molecule has 0 aromatic rings. The fraction of sp³-hybridized carbons (Fsp3) is 1.00. The van der Waals surface area contributed by atoms with Gasteiger partial charge in [-0.3, -0.25) is 4.55 Å². The van der Waals surface area contributed by atoms with Gasteiger partial charge in [-0.1, -0.05) is 13.1 Å². The van der Waals surface area contributed by atoms with Crippen LogP contribution in [0.1, 0.15) is 0 Å². The molecule has 0 radical (unpaired) electrons. The molecule has 0 bridgehead atoms. The van der Waals surface area contributed by atoms with E-state index in [1.54, 1.807) is 0 Å². The molecule has 0 saturated carbocycles. The van der Waals surface area contributed by atoms with Crippen molar-refractivity contribution in [2.45, 2.75) is 25.3 Å². The van der Waals surface area contributed by atoms with E-state index >= 15 is 0 Å². The maximum absolute atomic E-state index is 11.7. The van der Waals surface area contributed by atoms with Gasteiger partial charge >= 0.3 is 6.18 Å². The summed E-state index contributed by atoms with van der Waals surface area (Å²) < 4.78 is 64.6. The van der Waals surface area contributed by atoms with Crippen molar-refractivity contribution in [1.29, 1.82) is 0 Å². The van der Waals surface area contributed by atoms with Gasteiger partial charge in [0.25, 0.3) is 0 Å². The molecule has 0 saturated heterocycles. The first-order valence-electron chi connectivity index (χ1n) is 2.99. The zero-order valence-electron chi connectivity index (χ0n) is 6.51. The molecular weight excluding hydrogens is 213 g/mol. The quantitative estimate of drug-likeness (QED) is 0.571. The molecule has 0 aliphatic rings. The highest BCUT2D eigenvalue weighted by Gasteiger charge is 2.46. The number of alkyl halides is 3. The molecule has 0 amide bonds. The van der Waals surface area contributed by atoms with Crippen molar-refractivity contribution in [3.63, 3.8) is 0 Å². The smallest absolute Gasteiger partial charge is 0.291 e. The number of hydrogen-bond acceptors (Lipinski definition) is 2. The fourth-order valence-electron chi connectivity index (χ4n) is 0.574. The first-order chi connectivity index (χ1) is 4.96. The average molecular weight is 222 g/mol.